The summed E-state index contributed by atoms with van der Waals surface area (Å²) in [6.45, 7) is 4.19. The Hall–Kier alpha value is -2.14. The molecule has 19 heavy (non-hydrogen) atoms. The van der Waals surface area contributed by atoms with Crippen LogP contribution in [-0.2, 0) is 6.42 Å². The summed E-state index contributed by atoms with van der Waals surface area (Å²) in [6, 6.07) is 4.05. The number of fused-ring (bicyclic) bond motifs is 1. The van der Waals surface area contributed by atoms with Crippen molar-refractivity contribution in [2.45, 2.75) is 26.3 Å². The van der Waals surface area contributed by atoms with Gasteiger partial charge >= 0.3 is 0 Å². The van der Waals surface area contributed by atoms with Crippen LogP contribution in [0.4, 0.5) is 0 Å². The second-order valence-electron chi connectivity index (χ2n) is 4.96. The number of nitrogens with zero attached hydrogens (tertiary/aromatic N) is 2. The van der Waals surface area contributed by atoms with E-state index < -0.39 is 0 Å². The molecule has 0 saturated heterocycles. The van der Waals surface area contributed by atoms with Crippen molar-refractivity contribution in [2.75, 3.05) is 0 Å². The third-order valence-electron chi connectivity index (χ3n) is 3.46. The molecular weight excluding hydrogens is 238 g/mol. The van der Waals surface area contributed by atoms with E-state index in [4.69, 9.17) is 5.73 Å². The second kappa shape index (κ2) is 4.51. The van der Waals surface area contributed by atoms with Crippen molar-refractivity contribution in [2.24, 2.45) is 5.73 Å². The Labute approximate surface area is 111 Å². The third-order valence-corrected chi connectivity index (χ3v) is 3.46. The van der Waals surface area contributed by atoms with Gasteiger partial charge in [0.2, 0.25) is 0 Å². The maximum Gasteiger partial charge on any atom is 0.124 e. The Balaban J connectivity index is 1.92. The molecule has 0 amide bonds. The lowest BCUT2D eigenvalue weighted by Crippen LogP contribution is -2.15. The van der Waals surface area contributed by atoms with Gasteiger partial charge in [0.05, 0.1) is 23.4 Å². The molecule has 5 heteroatoms. The number of aryl methyl sites for hydroxylation is 2. The van der Waals surface area contributed by atoms with E-state index in [0.717, 1.165) is 22.6 Å². The second-order valence-corrected chi connectivity index (χ2v) is 4.96. The van der Waals surface area contributed by atoms with Gasteiger partial charge in [-0.25, -0.2) is 9.97 Å². The smallest absolute Gasteiger partial charge is 0.124 e. The number of nitrogens with two attached hydrogens (primary N) is 1. The molecule has 3 rings (SSSR count). The number of H-pyrrole nitrogens is 2. The molecule has 0 aliphatic heterocycles. The summed E-state index contributed by atoms with van der Waals surface area (Å²) >= 11 is 0. The molecule has 0 saturated carbocycles. The van der Waals surface area contributed by atoms with Crippen LogP contribution in [0.2, 0.25) is 0 Å². The van der Waals surface area contributed by atoms with Gasteiger partial charge in [0.1, 0.15) is 5.82 Å². The summed E-state index contributed by atoms with van der Waals surface area (Å²) in [4.78, 5) is 14.9. The number of rotatable bonds is 3. The topological polar surface area (TPSA) is 83.4 Å². The molecule has 4 N–H and O–H groups in total. The molecule has 0 radical (unpaired) electrons. The number of aromatic nitrogens is 4. The van der Waals surface area contributed by atoms with E-state index in [1.165, 1.54) is 11.1 Å². The number of hydrogen-bond acceptors (Lipinski definition) is 3. The first kappa shape index (κ1) is 11.9. The zero-order valence-electron chi connectivity index (χ0n) is 11.1. The van der Waals surface area contributed by atoms with Gasteiger partial charge in [-0.15, -0.1) is 0 Å². The van der Waals surface area contributed by atoms with E-state index in [0.29, 0.717) is 6.42 Å². The predicted molar refractivity (Wildman–Crippen MR) is 74.8 cm³/mol. The van der Waals surface area contributed by atoms with Gasteiger partial charge in [0, 0.05) is 18.3 Å². The molecule has 3 aromatic rings. The first-order valence-electron chi connectivity index (χ1n) is 6.33. The molecular formula is C14H17N5. The molecule has 1 unspecified atom stereocenters. The van der Waals surface area contributed by atoms with Gasteiger partial charge in [0.25, 0.3) is 0 Å². The monoisotopic (exact) mass is 255 g/mol. The van der Waals surface area contributed by atoms with E-state index >= 15 is 0 Å². The lowest BCUT2D eigenvalue weighted by atomic mass is 10.1. The van der Waals surface area contributed by atoms with Crippen LogP contribution in [-0.4, -0.2) is 19.9 Å². The van der Waals surface area contributed by atoms with Gasteiger partial charge in [-0.2, -0.15) is 0 Å². The van der Waals surface area contributed by atoms with E-state index in [1.54, 1.807) is 12.5 Å². The van der Waals surface area contributed by atoms with Crippen LogP contribution >= 0.6 is 0 Å². The zero-order valence-corrected chi connectivity index (χ0v) is 11.1. The quantitative estimate of drug-likeness (QED) is 0.670. The van der Waals surface area contributed by atoms with Crippen LogP contribution < -0.4 is 5.73 Å². The van der Waals surface area contributed by atoms with E-state index in [9.17, 15) is 0 Å². The summed E-state index contributed by atoms with van der Waals surface area (Å²) in [5.41, 5.74) is 11.7. The SMILES string of the molecule is Cc1cc2nc(C(N)Cc3cnc[nH]3)[nH]c2cc1C. The highest BCUT2D eigenvalue weighted by Crippen LogP contribution is 2.20. The average Bonchev–Trinajstić information content (AvgIpc) is 2.99. The number of imidazole rings is 2. The maximum absolute atomic E-state index is 6.18. The normalized spacial score (nSPS) is 13.0. The molecule has 0 aliphatic carbocycles. The minimum absolute atomic E-state index is 0.159. The largest absolute Gasteiger partial charge is 0.348 e. The molecule has 0 aliphatic rings. The predicted octanol–water partition coefficient (Wildman–Crippen LogP) is 2.15. The molecule has 0 bridgehead atoms. The van der Waals surface area contributed by atoms with Gasteiger partial charge < -0.3 is 15.7 Å². The highest BCUT2D eigenvalue weighted by Gasteiger charge is 2.13. The Bertz CT molecular complexity index is 657. The molecule has 2 aromatic heterocycles. The lowest BCUT2D eigenvalue weighted by Gasteiger charge is -2.06. The molecule has 5 nitrogen and oxygen atoms in total. The Kier molecular flexibility index (Phi) is 2.83. The first-order chi connectivity index (χ1) is 9.13. The van der Waals surface area contributed by atoms with Crippen LogP contribution in [0.1, 0.15) is 28.7 Å². The van der Waals surface area contributed by atoms with Crippen molar-refractivity contribution < 1.29 is 0 Å². The van der Waals surface area contributed by atoms with Crippen LogP contribution in [0.5, 0.6) is 0 Å². The fourth-order valence-corrected chi connectivity index (χ4v) is 2.19. The van der Waals surface area contributed by atoms with Crippen LogP contribution in [0.15, 0.2) is 24.7 Å². The lowest BCUT2D eigenvalue weighted by molar-refractivity contribution is 0.671. The number of nitrogens with one attached hydrogen (secondary N) is 2. The van der Waals surface area contributed by atoms with Crippen molar-refractivity contribution in [3.8, 4) is 0 Å². The van der Waals surface area contributed by atoms with Crippen molar-refractivity contribution in [3.63, 3.8) is 0 Å². The minimum Gasteiger partial charge on any atom is -0.348 e. The summed E-state index contributed by atoms with van der Waals surface area (Å²) < 4.78 is 0. The summed E-state index contributed by atoms with van der Waals surface area (Å²) in [5, 5.41) is 0. The maximum atomic E-state index is 6.18. The molecule has 0 fully saturated rings. The number of benzene rings is 1. The van der Waals surface area contributed by atoms with Crippen LogP contribution in [0, 0.1) is 13.8 Å². The van der Waals surface area contributed by atoms with E-state index in [2.05, 4.69) is 45.9 Å². The molecule has 1 aromatic carbocycles. The zero-order chi connectivity index (χ0) is 13.4. The van der Waals surface area contributed by atoms with Gasteiger partial charge in [-0.3, -0.25) is 0 Å². The van der Waals surface area contributed by atoms with Crippen molar-refractivity contribution in [3.05, 3.63) is 47.3 Å². The van der Waals surface area contributed by atoms with E-state index in [1.807, 2.05) is 0 Å². The number of aromatic amines is 2. The fraction of sp³-hybridized carbons (Fsp3) is 0.286. The average molecular weight is 255 g/mol. The Morgan fingerprint density at radius 3 is 2.79 bits per heavy atom. The highest BCUT2D eigenvalue weighted by atomic mass is 15.0. The third kappa shape index (κ3) is 2.24. The Morgan fingerprint density at radius 2 is 2.05 bits per heavy atom. The first-order valence-corrected chi connectivity index (χ1v) is 6.33. The molecule has 1 atom stereocenters. The fourth-order valence-electron chi connectivity index (χ4n) is 2.19. The summed E-state index contributed by atoms with van der Waals surface area (Å²) in [7, 11) is 0. The van der Waals surface area contributed by atoms with Gasteiger partial charge in [0.15, 0.2) is 0 Å². The molecule has 2 heterocycles. The Morgan fingerprint density at radius 1 is 1.26 bits per heavy atom. The minimum atomic E-state index is -0.159. The van der Waals surface area contributed by atoms with Crippen molar-refractivity contribution in [1.82, 2.24) is 19.9 Å². The van der Waals surface area contributed by atoms with Crippen molar-refractivity contribution in [1.29, 1.82) is 0 Å². The summed E-state index contributed by atoms with van der Waals surface area (Å²) in [5.74, 6) is 0.814. The van der Waals surface area contributed by atoms with E-state index in [-0.39, 0.29) is 6.04 Å². The number of hydrogen-bond donors (Lipinski definition) is 3. The van der Waals surface area contributed by atoms with Crippen molar-refractivity contribution >= 4 is 11.0 Å². The van der Waals surface area contributed by atoms with Gasteiger partial charge in [-0.1, -0.05) is 0 Å². The highest BCUT2D eigenvalue weighted by molar-refractivity contribution is 5.77. The van der Waals surface area contributed by atoms with Crippen LogP contribution in [0.25, 0.3) is 11.0 Å². The summed E-state index contributed by atoms with van der Waals surface area (Å²) in [6.07, 6.45) is 4.14. The standard InChI is InChI=1S/C14H17N5/c1-8-3-12-13(4-9(8)2)19-14(18-12)11(15)5-10-6-16-7-17-10/h3-4,6-7,11H,5,15H2,1-2H3,(H,16,17)(H,18,19). The molecule has 98 valence electrons. The van der Waals surface area contributed by atoms with Crippen LogP contribution in [0.3, 0.4) is 0 Å². The molecule has 0 spiro atoms. The van der Waals surface area contributed by atoms with Gasteiger partial charge in [-0.05, 0) is 37.1 Å².